The number of ether oxygens (including phenoxy) is 1. The Hall–Kier alpha value is -3.73. The summed E-state index contributed by atoms with van der Waals surface area (Å²) in [7, 11) is 1.89. The minimum atomic E-state index is -0.547. The number of thiazole rings is 1. The third-order valence-electron chi connectivity index (χ3n) is 5.49. The number of carbonyl (C=O) groups excluding carboxylic acids is 1. The van der Waals surface area contributed by atoms with Crippen molar-refractivity contribution in [1.29, 1.82) is 0 Å². The zero-order valence-electron chi connectivity index (χ0n) is 20.4. The standard InChI is InChI=1S/C24H28N8O2S/c1-15-25-11-20(35-15)29-21-22-26-10-19(17-9-27-30(5)12-17)32(22)14-18(28-21)16-7-6-8-31(13-16)23(33)34-24(2,3)4/h7,9-12,14H,6,8,13H2,1-5H3,(H,28,29). The lowest BCUT2D eigenvalue weighted by atomic mass is 10.1. The summed E-state index contributed by atoms with van der Waals surface area (Å²) in [6, 6.07) is 0. The summed E-state index contributed by atoms with van der Waals surface area (Å²) in [5, 5.41) is 9.54. The Kier molecular flexibility index (Phi) is 5.79. The van der Waals surface area contributed by atoms with Gasteiger partial charge in [-0.3, -0.25) is 9.08 Å². The van der Waals surface area contributed by atoms with Gasteiger partial charge in [-0.05, 0) is 39.7 Å². The van der Waals surface area contributed by atoms with E-state index in [1.807, 2.05) is 63.9 Å². The number of anilines is 2. The molecule has 0 bridgehead atoms. The largest absolute Gasteiger partial charge is 0.444 e. The lowest BCUT2D eigenvalue weighted by Gasteiger charge is -2.30. The van der Waals surface area contributed by atoms with Gasteiger partial charge in [-0.1, -0.05) is 6.08 Å². The van der Waals surface area contributed by atoms with E-state index in [-0.39, 0.29) is 6.09 Å². The van der Waals surface area contributed by atoms with Crippen molar-refractivity contribution in [2.45, 2.75) is 39.7 Å². The third kappa shape index (κ3) is 4.90. The maximum atomic E-state index is 12.7. The average Bonchev–Trinajstić information content (AvgIpc) is 3.52. The number of rotatable bonds is 4. The number of amides is 1. The van der Waals surface area contributed by atoms with Crippen LogP contribution in [0.15, 0.2) is 37.1 Å². The molecule has 0 aliphatic carbocycles. The van der Waals surface area contributed by atoms with Gasteiger partial charge in [-0.2, -0.15) is 5.10 Å². The van der Waals surface area contributed by atoms with Gasteiger partial charge in [-0.25, -0.2) is 19.7 Å². The molecule has 0 spiro atoms. The van der Waals surface area contributed by atoms with Gasteiger partial charge in [0.05, 0.1) is 41.5 Å². The molecule has 0 atom stereocenters. The summed E-state index contributed by atoms with van der Waals surface area (Å²) >= 11 is 1.55. The molecular weight excluding hydrogens is 464 g/mol. The first-order valence-corrected chi connectivity index (χ1v) is 12.2. The van der Waals surface area contributed by atoms with Crippen molar-refractivity contribution in [3.05, 3.63) is 47.8 Å². The molecule has 1 amide bonds. The van der Waals surface area contributed by atoms with Crippen molar-refractivity contribution in [2.24, 2.45) is 7.05 Å². The summed E-state index contributed by atoms with van der Waals surface area (Å²) in [4.78, 5) is 28.4. The number of nitrogens with zero attached hydrogens (tertiary/aromatic N) is 7. The van der Waals surface area contributed by atoms with Crippen LogP contribution >= 0.6 is 11.3 Å². The van der Waals surface area contributed by atoms with Crippen LogP contribution in [0, 0.1) is 6.92 Å². The molecule has 10 nitrogen and oxygen atoms in total. The molecule has 1 aliphatic heterocycles. The Balaban J connectivity index is 1.55. The highest BCUT2D eigenvalue weighted by molar-refractivity contribution is 7.15. The van der Waals surface area contributed by atoms with E-state index in [0.717, 1.165) is 39.0 Å². The third-order valence-corrected chi connectivity index (χ3v) is 6.32. The second kappa shape index (κ2) is 8.81. The Labute approximate surface area is 207 Å². The van der Waals surface area contributed by atoms with Crippen molar-refractivity contribution in [1.82, 2.24) is 34.0 Å². The van der Waals surface area contributed by atoms with Crippen molar-refractivity contribution in [3.8, 4) is 11.3 Å². The van der Waals surface area contributed by atoms with E-state index in [0.29, 0.717) is 24.6 Å². The minimum Gasteiger partial charge on any atom is -0.444 e. The monoisotopic (exact) mass is 492 g/mol. The quantitative estimate of drug-likeness (QED) is 0.442. The molecule has 1 N–H and O–H groups in total. The predicted octanol–water partition coefficient (Wildman–Crippen LogP) is 4.66. The molecule has 11 heteroatoms. The molecule has 5 heterocycles. The Bertz CT molecular complexity index is 1420. The average molecular weight is 493 g/mol. The van der Waals surface area contributed by atoms with E-state index >= 15 is 0 Å². The van der Waals surface area contributed by atoms with Crippen molar-refractivity contribution < 1.29 is 9.53 Å². The fourth-order valence-corrected chi connectivity index (χ4v) is 4.62. The summed E-state index contributed by atoms with van der Waals surface area (Å²) in [5.74, 6) is 0.622. The molecule has 4 aromatic rings. The highest BCUT2D eigenvalue weighted by atomic mass is 32.1. The first kappa shape index (κ1) is 23.0. The molecule has 0 saturated carbocycles. The van der Waals surface area contributed by atoms with Gasteiger partial charge in [-0.15, -0.1) is 11.3 Å². The number of hydrogen-bond donors (Lipinski definition) is 1. The number of imidazole rings is 1. The van der Waals surface area contributed by atoms with Crippen LogP contribution in [0.4, 0.5) is 15.6 Å². The maximum absolute atomic E-state index is 12.7. The van der Waals surface area contributed by atoms with E-state index in [9.17, 15) is 4.79 Å². The molecule has 1 aliphatic rings. The number of fused-ring (bicyclic) bond motifs is 1. The van der Waals surface area contributed by atoms with Gasteiger partial charge in [0.25, 0.3) is 0 Å². The first-order valence-electron chi connectivity index (χ1n) is 11.4. The van der Waals surface area contributed by atoms with Crippen molar-refractivity contribution in [2.75, 3.05) is 18.4 Å². The SMILES string of the molecule is Cc1ncc(Nc2nc(C3=CCCN(C(=O)OC(C)(C)C)C3)cn3c(-c4cnn(C)c4)cnc23)s1. The van der Waals surface area contributed by atoms with Crippen molar-refractivity contribution >= 4 is 39.5 Å². The Morgan fingerprint density at radius 2 is 2.00 bits per heavy atom. The fourth-order valence-electron chi connectivity index (χ4n) is 3.94. The number of hydrogen-bond acceptors (Lipinski definition) is 8. The van der Waals surface area contributed by atoms with Crippen LogP contribution in [-0.2, 0) is 11.8 Å². The number of carbonyl (C=O) groups is 1. The van der Waals surface area contributed by atoms with Gasteiger partial charge in [0, 0.05) is 31.5 Å². The van der Waals surface area contributed by atoms with Gasteiger partial charge in [0.15, 0.2) is 11.5 Å². The molecule has 0 aromatic carbocycles. The zero-order chi connectivity index (χ0) is 24.7. The van der Waals surface area contributed by atoms with Gasteiger partial charge in [0.2, 0.25) is 0 Å². The lowest BCUT2D eigenvalue weighted by molar-refractivity contribution is 0.0273. The number of aryl methyl sites for hydroxylation is 2. The van der Waals surface area contributed by atoms with Crippen molar-refractivity contribution in [3.63, 3.8) is 0 Å². The van der Waals surface area contributed by atoms with E-state index in [4.69, 9.17) is 9.72 Å². The highest BCUT2D eigenvalue weighted by Gasteiger charge is 2.26. The lowest BCUT2D eigenvalue weighted by Crippen LogP contribution is -2.39. The van der Waals surface area contributed by atoms with Crippen LogP contribution in [0.5, 0.6) is 0 Å². The zero-order valence-corrected chi connectivity index (χ0v) is 21.3. The van der Waals surface area contributed by atoms with Crippen LogP contribution in [0.2, 0.25) is 0 Å². The smallest absolute Gasteiger partial charge is 0.410 e. The van der Waals surface area contributed by atoms with Crippen LogP contribution in [0.1, 0.15) is 37.9 Å². The summed E-state index contributed by atoms with van der Waals surface area (Å²) in [6.45, 7) is 8.61. The molecule has 35 heavy (non-hydrogen) atoms. The fraction of sp³-hybridized carbons (Fsp3) is 0.375. The van der Waals surface area contributed by atoms with Crippen LogP contribution < -0.4 is 5.32 Å². The number of nitrogens with one attached hydrogen (secondary N) is 1. The summed E-state index contributed by atoms with van der Waals surface area (Å²) < 4.78 is 9.38. The molecule has 4 aromatic heterocycles. The van der Waals surface area contributed by atoms with E-state index in [1.54, 1.807) is 27.1 Å². The van der Waals surface area contributed by atoms with Gasteiger partial charge in [0.1, 0.15) is 10.6 Å². The van der Waals surface area contributed by atoms with Gasteiger partial charge < -0.3 is 15.0 Å². The number of aromatic nitrogens is 6. The second-order valence-electron chi connectivity index (χ2n) is 9.50. The Morgan fingerprint density at radius 3 is 2.69 bits per heavy atom. The molecular formula is C24H28N8O2S. The van der Waals surface area contributed by atoms with E-state index in [2.05, 4.69) is 26.5 Å². The second-order valence-corrected chi connectivity index (χ2v) is 10.7. The minimum absolute atomic E-state index is 0.318. The molecule has 0 saturated heterocycles. The van der Waals surface area contributed by atoms with E-state index in [1.165, 1.54) is 0 Å². The normalized spacial score (nSPS) is 14.3. The maximum Gasteiger partial charge on any atom is 0.410 e. The molecule has 0 fully saturated rings. The van der Waals surface area contributed by atoms with Crippen LogP contribution in [-0.4, -0.2) is 58.8 Å². The summed E-state index contributed by atoms with van der Waals surface area (Å²) in [6.07, 6.45) is 11.9. The van der Waals surface area contributed by atoms with Gasteiger partial charge >= 0.3 is 6.09 Å². The summed E-state index contributed by atoms with van der Waals surface area (Å²) in [5.41, 5.74) is 3.72. The molecule has 0 radical (unpaired) electrons. The van der Waals surface area contributed by atoms with Crippen LogP contribution in [0.3, 0.4) is 0 Å². The molecule has 182 valence electrons. The molecule has 5 rings (SSSR count). The van der Waals surface area contributed by atoms with Crippen LogP contribution in [0.25, 0.3) is 22.5 Å². The molecule has 0 unspecified atom stereocenters. The topological polar surface area (TPSA) is 102 Å². The predicted molar refractivity (Wildman–Crippen MR) is 136 cm³/mol. The highest BCUT2D eigenvalue weighted by Crippen LogP contribution is 2.30. The Morgan fingerprint density at radius 1 is 1.17 bits per heavy atom. The first-order chi connectivity index (χ1) is 16.7. The van der Waals surface area contributed by atoms with E-state index < -0.39 is 5.60 Å².